The molecule has 0 aromatic carbocycles. The quantitative estimate of drug-likeness (QED) is 0.757. The van der Waals surface area contributed by atoms with E-state index in [1.54, 1.807) is 4.90 Å². The Kier molecular flexibility index (Phi) is 4.22. The second-order valence-corrected chi connectivity index (χ2v) is 5.38. The van der Waals surface area contributed by atoms with Crippen LogP contribution in [-0.4, -0.2) is 59.0 Å². The van der Waals surface area contributed by atoms with E-state index < -0.39 is 11.9 Å². The second kappa shape index (κ2) is 5.69. The van der Waals surface area contributed by atoms with Crippen molar-refractivity contribution in [2.45, 2.75) is 38.6 Å². The number of piperidine rings is 1. The molecule has 18 heavy (non-hydrogen) atoms. The minimum absolute atomic E-state index is 0.234. The number of likely N-dealkylation sites (tertiary alicyclic amines) is 2. The molecule has 2 heterocycles. The van der Waals surface area contributed by atoms with Gasteiger partial charge in [0, 0.05) is 19.1 Å². The van der Waals surface area contributed by atoms with Gasteiger partial charge in [-0.1, -0.05) is 6.42 Å². The van der Waals surface area contributed by atoms with E-state index >= 15 is 0 Å². The van der Waals surface area contributed by atoms with E-state index in [0.29, 0.717) is 19.1 Å². The van der Waals surface area contributed by atoms with Gasteiger partial charge in [-0.3, -0.25) is 14.5 Å². The van der Waals surface area contributed by atoms with Gasteiger partial charge in [-0.15, -0.1) is 0 Å². The Labute approximate surface area is 108 Å². The first-order chi connectivity index (χ1) is 8.59. The van der Waals surface area contributed by atoms with Gasteiger partial charge in [-0.05, 0) is 39.3 Å². The molecule has 0 aliphatic carbocycles. The van der Waals surface area contributed by atoms with Crippen LogP contribution in [0.15, 0.2) is 0 Å². The maximum Gasteiger partial charge on any atom is 0.315 e. The smallest absolute Gasteiger partial charge is 0.315 e. The third-order valence-corrected chi connectivity index (χ3v) is 4.12. The molecule has 2 rings (SSSR count). The Morgan fingerprint density at radius 1 is 1.17 bits per heavy atom. The van der Waals surface area contributed by atoms with Crippen molar-refractivity contribution in [1.82, 2.24) is 9.80 Å². The number of hydrogen-bond donors (Lipinski definition) is 1. The van der Waals surface area contributed by atoms with Crippen LogP contribution < -0.4 is 0 Å². The van der Waals surface area contributed by atoms with Gasteiger partial charge in [-0.25, -0.2) is 0 Å². The van der Waals surface area contributed by atoms with Crippen molar-refractivity contribution in [3.63, 3.8) is 0 Å². The number of rotatable bonds is 3. The van der Waals surface area contributed by atoms with Gasteiger partial charge in [0.2, 0.25) is 5.91 Å². The highest BCUT2D eigenvalue weighted by Crippen LogP contribution is 2.21. The first-order valence-corrected chi connectivity index (χ1v) is 6.85. The summed E-state index contributed by atoms with van der Waals surface area (Å²) >= 11 is 0. The van der Waals surface area contributed by atoms with E-state index in [9.17, 15) is 9.59 Å². The van der Waals surface area contributed by atoms with Crippen LogP contribution in [0.2, 0.25) is 0 Å². The minimum Gasteiger partial charge on any atom is -0.481 e. The Morgan fingerprint density at radius 2 is 1.83 bits per heavy atom. The molecule has 0 radical (unpaired) electrons. The summed E-state index contributed by atoms with van der Waals surface area (Å²) in [5.41, 5.74) is 0. The first kappa shape index (κ1) is 13.3. The van der Waals surface area contributed by atoms with Gasteiger partial charge in [-0.2, -0.15) is 0 Å². The molecule has 0 spiro atoms. The molecule has 5 heteroatoms. The van der Waals surface area contributed by atoms with E-state index in [-0.39, 0.29) is 5.91 Å². The van der Waals surface area contributed by atoms with Crippen LogP contribution in [0.25, 0.3) is 0 Å². The normalized spacial score (nSPS) is 27.2. The number of amides is 1. The molecule has 2 fully saturated rings. The van der Waals surface area contributed by atoms with Gasteiger partial charge < -0.3 is 10.0 Å². The van der Waals surface area contributed by atoms with Crippen LogP contribution >= 0.6 is 0 Å². The summed E-state index contributed by atoms with van der Waals surface area (Å²) in [5, 5.41) is 8.87. The first-order valence-electron chi connectivity index (χ1n) is 6.85. The monoisotopic (exact) mass is 254 g/mol. The van der Waals surface area contributed by atoms with Crippen molar-refractivity contribution in [2.24, 2.45) is 5.92 Å². The van der Waals surface area contributed by atoms with Gasteiger partial charge >= 0.3 is 5.97 Å². The number of aliphatic carboxylic acids is 1. The second-order valence-electron chi connectivity index (χ2n) is 5.38. The van der Waals surface area contributed by atoms with Gasteiger partial charge in [0.25, 0.3) is 0 Å². The molecule has 2 unspecified atom stereocenters. The van der Waals surface area contributed by atoms with Gasteiger partial charge in [0.15, 0.2) is 0 Å². The summed E-state index contributed by atoms with van der Waals surface area (Å²) in [5.74, 6) is -2.17. The van der Waals surface area contributed by atoms with E-state index in [4.69, 9.17) is 5.11 Å². The Morgan fingerprint density at radius 3 is 2.44 bits per heavy atom. The highest BCUT2D eigenvalue weighted by Gasteiger charge is 2.34. The SMILES string of the molecule is CC(C(=O)O)C(=O)N1CCC(N2CCCCC2)C1. The number of carbonyl (C=O) groups excluding carboxylic acids is 1. The lowest BCUT2D eigenvalue weighted by Gasteiger charge is -2.32. The lowest BCUT2D eigenvalue weighted by atomic mass is 10.1. The van der Waals surface area contributed by atoms with Crippen LogP contribution in [0, 0.1) is 5.92 Å². The van der Waals surface area contributed by atoms with Crippen molar-refractivity contribution in [3.05, 3.63) is 0 Å². The predicted octanol–water partition coefficient (Wildman–Crippen LogP) is 0.794. The van der Waals surface area contributed by atoms with Crippen molar-refractivity contribution in [2.75, 3.05) is 26.2 Å². The van der Waals surface area contributed by atoms with Crippen molar-refractivity contribution in [3.8, 4) is 0 Å². The molecule has 2 aliphatic rings. The molecular weight excluding hydrogens is 232 g/mol. The number of carboxylic acids is 1. The van der Waals surface area contributed by atoms with Crippen LogP contribution in [0.3, 0.4) is 0 Å². The zero-order chi connectivity index (χ0) is 13.1. The van der Waals surface area contributed by atoms with Gasteiger partial charge in [0.05, 0.1) is 0 Å². The Bertz CT molecular complexity index is 326. The highest BCUT2D eigenvalue weighted by molar-refractivity contribution is 5.96. The van der Waals surface area contributed by atoms with E-state index in [1.807, 2.05) is 0 Å². The summed E-state index contributed by atoms with van der Waals surface area (Å²) in [6.45, 7) is 5.13. The van der Waals surface area contributed by atoms with E-state index in [1.165, 1.54) is 26.2 Å². The van der Waals surface area contributed by atoms with Gasteiger partial charge in [0.1, 0.15) is 5.92 Å². The maximum atomic E-state index is 11.9. The van der Waals surface area contributed by atoms with Crippen LogP contribution in [0.5, 0.6) is 0 Å². The number of nitrogens with zero attached hydrogens (tertiary/aromatic N) is 2. The van der Waals surface area contributed by atoms with Crippen molar-refractivity contribution < 1.29 is 14.7 Å². The third-order valence-electron chi connectivity index (χ3n) is 4.12. The van der Waals surface area contributed by atoms with Crippen LogP contribution in [-0.2, 0) is 9.59 Å². The molecular formula is C13H22N2O3. The molecule has 2 atom stereocenters. The minimum atomic E-state index is -1.03. The molecule has 2 saturated heterocycles. The van der Waals surface area contributed by atoms with Crippen LogP contribution in [0.4, 0.5) is 0 Å². The lowest BCUT2D eigenvalue weighted by Crippen LogP contribution is -2.43. The maximum absolute atomic E-state index is 11.9. The average Bonchev–Trinajstić information content (AvgIpc) is 2.87. The summed E-state index contributed by atoms with van der Waals surface area (Å²) in [6.07, 6.45) is 4.78. The number of carbonyl (C=O) groups is 2. The summed E-state index contributed by atoms with van der Waals surface area (Å²) < 4.78 is 0. The molecule has 1 N–H and O–H groups in total. The topological polar surface area (TPSA) is 60.9 Å². The average molecular weight is 254 g/mol. The standard InChI is InChI=1S/C13H22N2O3/c1-10(13(17)18)12(16)15-8-5-11(9-15)14-6-3-2-4-7-14/h10-11H,2-9H2,1H3,(H,17,18). The molecule has 5 nitrogen and oxygen atoms in total. The Hall–Kier alpha value is -1.10. The Balaban J connectivity index is 1.87. The van der Waals surface area contributed by atoms with Crippen LogP contribution in [0.1, 0.15) is 32.6 Å². The summed E-state index contributed by atoms with van der Waals surface area (Å²) in [7, 11) is 0. The zero-order valence-electron chi connectivity index (χ0n) is 11.0. The van der Waals surface area contributed by atoms with Crippen molar-refractivity contribution in [1.29, 1.82) is 0 Å². The fraction of sp³-hybridized carbons (Fsp3) is 0.846. The molecule has 1 amide bonds. The number of carboxylic acid groups (broad SMARTS) is 1. The molecule has 0 aromatic rings. The summed E-state index contributed by atoms with van der Waals surface area (Å²) in [6, 6.07) is 0.440. The molecule has 0 saturated carbocycles. The fourth-order valence-corrected chi connectivity index (χ4v) is 2.90. The fourth-order valence-electron chi connectivity index (χ4n) is 2.90. The lowest BCUT2D eigenvalue weighted by molar-refractivity contribution is -0.149. The molecule has 2 aliphatic heterocycles. The zero-order valence-corrected chi connectivity index (χ0v) is 11.0. The largest absolute Gasteiger partial charge is 0.481 e. The van der Waals surface area contributed by atoms with E-state index in [0.717, 1.165) is 19.5 Å². The molecule has 102 valence electrons. The summed E-state index contributed by atoms with van der Waals surface area (Å²) in [4.78, 5) is 26.9. The third kappa shape index (κ3) is 2.83. The molecule has 0 aromatic heterocycles. The number of hydrogen-bond acceptors (Lipinski definition) is 3. The predicted molar refractivity (Wildman–Crippen MR) is 67.2 cm³/mol. The van der Waals surface area contributed by atoms with Crippen molar-refractivity contribution >= 4 is 11.9 Å². The molecule has 0 bridgehead atoms. The van der Waals surface area contributed by atoms with E-state index in [2.05, 4.69) is 4.90 Å². The highest BCUT2D eigenvalue weighted by atomic mass is 16.4.